The summed E-state index contributed by atoms with van der Waals surface area (Å²) in [5, 5.41) is 0. The number of thioether (sulfide) groups is 1. The van der Waals surface area contributed by atoms with E-state index in [1.165, 1.54) is 19.1 Å². The van der Waals surface area contributed by atoms with E-state index in [2.05, 4.69) is 4.18 Å². The summed E-state index contributed by atoms with van der Waals surface area (Å²) in [6, 6.07) is 7.76. The molecule has 1 aromatic rings. The Bertz CT molecular complexity index is 563. The van der Waals surface area contributed by atoms with Crippen LogP contribution >= 0.6 is 11.8 Å². The number of hydrogen-bond donors (Lipinski definition) is 0. The van der Waals surface area contributed by atoms with E-state index in [-0.39, 0.29) is 11.3 Å². The molecule has 0 aliphatic carbocycles. The summed E-state index contributed by atoms with van der Waals surface area (Å²) in [5.41, 5.74) is -5.19. The molecule has 0 heterocycles. The van der Waals surface area contributed by atoms with Crippen molar-refractivity contribution in [3.05, 3.63) is 40.8 Å². The number of benzene rings is 1. The molecule has 0 N–H and O–H groups in total. The van der Waals surface area contributed by atoms with E-state index in [1.807, 2.05) is 0 Å². The van der Waals surface area contributed by atoms with Gasteiger partial charge in [-0.2, -0.15) is 21.6 Å². The van der Waals surface area contributed by atoms with Gasteiger partial charge in [0, 0.05) is 10.5 Å². The molecular formula is C11H11F3O3S2. The van der Waals surface area contributed by atoms with E-state index < -0.39 is 15.6 Å². The van der Waals surface area contributed by atoms with Gasteiger partial charge in [0.25, 0.3) is 0 Å². The molecule has 0 spiro atoms. The van der Waals surface area contributed by atoms with Crippen LogP contribution in [0.1, 0.15) is 12.5 Å². The van der Waals surface area contributed by atoms with Gasteiger partial charge in [-0.25, -0.2) is 0 Å². The summed E-state index contributed by atoms with van der Waals surface area (Å²) in [6.45, 7) is 1.49. The number of halogens is 3. The van der Waals surface area contributed by atoms with Gasteiger partial charge in [0.05, 0.1) is 0 Å². The van der Waals surface area contributed by atoms with Crippen molar-refractivity contribution in [2.75, 3.05) is 6.26 Å². The number of hydrogen-bond acceptors (Lipinski definition) is 4. The fourth-order valence-electron chi connectivity index (χ4n) is 1.15. The van der Waals surface area contributed by atoms with Crippen molar-refractivity contribution in [2.45, 2.75) is 12.4 Å². The maximum atomic E-state index is 12.3. The van der Waals surface area contributed by atoms with E-state index in [0.717, 1.165) is 11.8 Å². The van der Waals surface area contributed by atoms with Gasteiger partial charge in [-0.1, -0.05) is 30.3 Å². The van der Waals surface area contributed by atoms with Gasteiger partial charge < -0.3 is 4.18 Å². The molecule has 1 aromatic carbocycles. The van der Waals surface area contributed by atoms with Crippen LogP contribution in [0.2, 0.25) is 0 Å². The minimum absolute atomic E-state index is 0.266. The molecule has 8 heteroatoms. The van der Waals surface area contributed by atoms with Crippen molar-refractivity contribution in [2.24, 2.45) is 0 Å². The summed E-state index contributed by atoms with van der Waals surface area (Å²) in [7, 11) is -5.67. The highest BCUT2D eigenvalue weighted by Gasteiger charge is 2.49. The van der Waals surface area contributed by atoms with Crippen LogP contribution in [0.3, 0.4) is 0 Å². The first-order valence-electron chi connectivity index (χ1n) is 5.00. The molecule has 0 aliphatic heterocycles. The third-order valence-electron chi connectivity index (χ3n) is 2.14. The predicted molar refractivity (Wildman–Crippen MR) is 68.6 cm³/mol. The van der Waals surface area contributed by atoms with Crippen LogP contribution in [0.25, 0.3) is 5.76 Å². The van der Waals surface area contributed by atoms with Crippen LogP contribution in [-0.4, -0.2) is 20.2 Å². The van der Waals surface area contributed by atoms with Crippen molar-refractivity contribution in [1.82, 2.24) is 0 Å². The third-order valence-corrected chi connectivity index (χ3v) is 3.89. The molecule has 0 saturated heterocycles. The molecule has 0 aliphatic rings. The SMILES string of the molecule is CS/C(C)=C(\OS(=O)(=O)C(F)(F)F)c1ccccc1. The molecule has 0 bridgehead atoms. The maximum Gasteiger partial charge on any atom is 0.534 e. The zero-order valence-corrected chi connectivity index (χ0v) is 11.7. The fourth-order valence-corrected chi connectivity index (χ4v) is 2.08. The predicted octanol–water partition coefficient (Wildman–Crippen LogP) is 3.60. The highest BCUT2D eigenvalue weighted by Crippen LogP contribution is 2.33. The average molecular weight is 312 g/mol. The molecular weight excluding hydrogens is 301 g/mol. The Labute approximate surface area is 113 Å². The Morgan fingerprint density at radius 3 is 2.16 bits per heavy atom. The number of allylic oxidation sites excluding steroid dienone is 1. The molecule has 0 atom stereocenters. The van der Waals surface area contributed by atoms with Gasteiger partial charge in [-0.05, 0) is 13.2 Å². The molecule has 0 amide bonds. The summed E-state index contributed by atoms with van der Waals surface area (Å²) in [5.74, 6) is -0.314. The molecule has 3 nitrogen and oxygen atoms in total. The molecule has 0 unspecified atom stereocenters. The Kier molecular flexibility index (Phi) is 4.92. The van der Waals surface area contributed by atoms with Gasteiger partial charge in [0.2, 0.25) is 0 Å². The Balaban J connectivity index is 3.25. The highest BCUT2D eigenvalue weighted by atomic mass is 32.2. The molecule has 1 rings (SSSR count). The van der Waals surface area contributed by atoms with Crippen molar-refractivity contribution in [3.8, 4) is 0 Å². The smallest absolute Gasteiger partial charge is 0.375 e. The maximum absolute atomic E-state index is 12.3. The van der Waals surface area contributed by atoms with Gasteiger partial charge in [0.15, 0.2) is 5.76 Å². The van der Waals surface area contributed by atoms with Gasteiger partial charge >= 0.3 is 15.6 Å². The molecule has 106 valence electrons. The van der Waals surface area contributed by atoms with E-state index in [1.54, 1.807) is 24.5 Å². The second-order valence-electron chi connectivity index (χ2n) is 3.44. The van der Waals surface area contributed by atoms with Crippen molar-refractivity contribution >= 4 is 27.6 Å². The van der Waals surface area contributed by atoms with Gasteiger partial charge in [-0.3, -0.25) is 0 Å². The summed E-state index contributed by atoms with van der Waals surface area (Å²) < 4.78 is 63.4. The van der Waals surface area contributed by atoms with Gasteiger partial charge in [-0.15, -0.1) is 11.8 Å². The van der Waals surface area contributed by atoms with Crippen molar-refractivity contribution < 1.29 is 25.8 Å². The van der Waals surface area contributed by atoms with Crippen LogP contribution in [-0.2, 0) is 14.3 Å². The summed E-state index contributed by atoms with van der Waals surface area (Å²) >= 11 is 1.10. The lowest BCUT2D eigenvalue weighted by atomic mass is 10.2. The second kappa shape index (κ2) is 5.87. The zero-order chi connectivity index (χ0) is 14.7. The molecule has 0 saturated carbocycles. The van der Waals surface area contributed by atoms with E-state index in [4.69, 9.17) is 0 Å². The molecule has 19 heavy (non-hydrogen) atoms. The topological polar surface area (TPSA) is 43.4 Å². The standard InChI is InChI=1S/C11H11F3O3S2/c1-8(18-2)10(9-6-4-3-5-7-9)17-19(15,16)11(12,13)14/h3-7H,1-2H3/b10-8-. The quantitative estimate of drug-likeness (QED) is 0.484. The first-order valence-corrected chi connectivity index (χ1v) is 7.63. The van der Waals surface area contributed by atoms with Gasteiger partial charge in [0.1, 0.15) is 0 Å². The van der Waals surface area contributed by atoms with Crippen LogP contribution in [0.5, 0.6) is 0 Å². The van der Waals surface area contributed by atoms with Crippen LogP contribution < -0.4 is 0 Å². The van der Waals surface area contributed by atoms with Crippen molar-refractivity contribution in [1.29, 1.82) is 0 Å². The first kappa shape index (κ1) is 15.9. The van der Waals surface area contributed by atoms with Crippen molar-refractivity contribution in [3.63, 3.8) is 0 Å². The Morgan fingerprint density at radius 2 is 1.74 bits per heavy atom. The van der Waals surface area contributed by atoms with E-state index >= 15 is 0 Å². The summed E-state index contributed by atoms with van der Waals surface area (Å²) in [6.07, 6.45) is 1.61. The zero-order valence-electron chi connectivity index (χ0n) is 10.1. The molecule has 0 aromatic heterocycles. The molecule has 0 fully saturated rings. The number of alkyl halides is 3. The lowest BCUT2D eigenvalue weighted by molar-refractivity contribution is -0.0509. The third kappa shape index (κ3) is 3.90. The Morgan fingerprint density at radius 1 is 1.21 bits per heavy atom. The summed E-state index contributed by atoms with van der Waals surface area (Å²) in [4.78, 5) is 0.332. The van der Waals surface area contributed by atoms with Crippen LogP contribution in [0.4, 0.5) is 13.2 Å². The largest absolute Gasteiger partial charge is 0.534 e. The lowest BCUT2D eigenvalue weighted by Crippen LogP contribution is -2.25. The van der Waals surface area contributed by atoms with Crippen LogP contribution in [0, 0.1) is 0 Å². The average Bonchev–Trinajstić information content (AvgIpc) is 2.35. The highest BCUT2D eigenvalue weighted by molar-refractivity contribution is 8.02. The normalized spacial score (nSPS) is 13.9. The monoisotopic (exact) mass is 312 g/mol. The minimum atomic E-state index is -5.67. The van der Waals surface area contributed by atoms with Crippen LogP contribution in [0.15, 0.2) is 35.2 Å². The second-order valence-corrected chi connectivity index (χ2v) is 6.00. The lowest BCUT2D eigenvalue weighted by Gasteiger charge is -2.14. The van der Waals surface area contributed by atoms with E-state index in [9.17, 15) is 21.6 Å². The van der Waals surface area contributed by atoms with E-state index in [0.29, 0.717) is 4.91 Å². The minimum Gasteiger partial charge on any atom is -0.375 e. The fraction of sp³-hybridized carbons (Fsp3) is 0.273. The Hall–Kier alpha value is -1.15. The molecule has 0 radical (unpaired) electrons. The number of rotatable bonds is 4. The first-order chi connectivity index (χ1) is 8.69.